The quantitative estimate of drug-likeness (QED) is 0.614. The second-order valence-electron chi connectivity index (χ2n) is 4.93. The molecule has 1 amide bonds. The molecule has 0 saturated heterocycles. The minimum absolute atomic E-state index is 0.0456. The van der Waals surface area contributed by atoms with Crippen LogP contribution in [0.4, 0.5) is 4.79 Å². The van der Waals surface area contributed by atoms with Crippen molar-refractivity contribution in [3.05, 3.63) is 0 Å². The van der Waals surface area contributed by atoms with Crippen molar-refractivity contribution in [2.45, 2.75) is 52.9 Å². The number of unbranched alkanes of at least 4 members (excludes halogenated alkanes) is 2. The lowest BCUT2D eigenvalue weighted by Gasteiger charge is -2.26. The average molecular weight is 245 g/mol. The van der Waals surface area contributed by atoms with Gasteiger partial charge in [0.15, 0.2) is 0 Å². The van der Waals surface area contributed by atoms with E-state index in [1.54, 1.807) is 0 Å². The zero-order valence-corrected chi connectivity index (χ0v) is 11.4. The van der Waals surface area contributed by atoms with Crippen LogP contribution in [0.15, 0.2) is 0 Å². The first kappa shape index (κ1) is 16.2. The molecule has 0 fully saturated rings. The number of aliphatic hydroxyl groups excluding tert-OH is 1. The number of ether oxygens (including phenoxy) is 1. The molecule has 0 aromatic carbocycles. The summed E-state index contributed by atoms with van der Waals surface area (Å²) in [5, 5.41) is 12.0. The third-order valence-electron chi connectivity index (χ3n) is 2.84. The van der Waals surface area contributed by atoms with Crippen molar-refractivity contribution < 1.29 is 14.6 Å². The molecule has 0 aromatic heterocycles. The van der Waals surface area contributed by atoms with Crippen molar-refractivity contribution in [3.8, 4) is 0 Å². The number of hydrogen-bond donors (Lipinski definition) is 2. The van der Waals surface area contributed by atoms with E-state index in [9.17, 15) is 9.90 Å². The van der Waals surface area contributed by atoms with Crippen molar-refractivity contribution in [3.63, 3.8) is 0 Å². The molecule has 17 heavy (non-hydrogen) atoms. The fourth-order valence-electron chi connectivity index (χ4n) is 1.66. The number of aliphatic hydroxyl groups is 1. The van der Waals surface area contributed by atoms with Crippen LogP contribution in [0.1, 0.15) is 52.9 Å². The van der Waals surface area contributed by atoms with Crippen LogP contribution >= 0.6 is 0 Å². The molecule has 4 nitrogen and oxygen atoms in total. The van der Waals surface area contributed by atoms with Gasteiger partial charge in [-0.3, -0.25) is 0 Å². The number of amides is 1. The van der Waals surface area contributed by atoms with Crippen LogP contribution in [0.2, 0.25) is 0 Å². The fraction of sp³-hybridized carbons (Fsp3) is 0.923. The maximum atomic E-state index is 11.4. The van der Waals surface area contributed by atoms with Gasteiger partial charge in [-0.05, 0) is 12.8 Å². The molecule has 0 unspecified atom stereocenters. The number of nitrogens with one attached hydrogen (secondary N) is 1. The highest BCUT2D eigenvalue weighted by Crippen LogP contribution is 2.22. The molecule has 0 rings (SSSR count). The molecule has 2 N–H and O–H groups in total. The fourth-order valence-corrected chi connectivity index (χ4v) is 1.66. The molecule has 0 saturated carbocycles. The Morgan fingerprint density at radius 3 is 2.53 bits per heavy atom. The van der Waals surface area contributed by atoms with Gasteiger partial charge in [-0.15, -0.1) is 0 Å². The number of hydrogen-bond acceptors (Lipinski definition) is 3. The second kappa shape index (κ2) is 9.28. The van der Waals surface area contributed by atoms with E-state index in [-0.39, 0.29) is 24.7 Å². The molecule has 0 spiro atoms. The Bertz CT molecular complexity index is 209. The lowest BCUT2D eigenvalue weighted by Crippen LogP contribution is -2.33. The van der Waals surface area contributed by atoms with Gasteiger partial charge in [0.25, 0.3) is 0 Å². The van der Waals surface area contributed by atoms with E-state index >= 15 is 0 Å². The molecule has 0 aliphatic heterocycles. The summed E-state index contributed by atoms with van der Waals surface area (Å²) < 4.78 is 5.12. The third kappa shape index (κ3) is 8.02. The van der Waals surface area contributed by atoms with E-state index < -0.39 is 0 Å². The van der Waals surface area contributed by atoms with Gasteiger partial charge >= 0.3 is 6.09 Å². The third-order valence-corrected chi connectivity index (χ3v) is 2.84. The van der Waals surface area contributed by atoms with Crippen molar-refractivity contribution in [1.29, 1.82) is 0 Å². The first-order chi connectivity index (χ1) is 8.08. The van der Waals surface area contributed by atoms with E-state index in [4.69, 9.17) is 4.74 Å². The summed E-state index contributed by atoms with van der Waals surface area (Å²) in [6.45, 7) is 7.09. The highest BCUT2D eigenvalue weighted by Gasteiger charge is 2.24. The van der Waals surface area contributed by atoms with Crippen molar-refractivity contribution >= 4 is 6.09 Å². The van der Waals surface area contributed by atoms with Gasteiger partial charge in [-0.25, -0.2) is 4.79 Å². The van der Waals surface area contributed by atoms with Crippen LogP contribution in [0.5, 0.6) is 0 Å². The SMILES string of the molecule is CCCCCNC(=O)OC[C@@](C)(CO)CCC. The Balaban J connectivity index is 3.73. The molecule has 4 heteroatoms. The maximum Gasteiger partial charge on any atom is 0.407 e. The average Bonchev–Trinajstić information content (AvgIpc) is 2.32. The summed E-state index contributed by atoms with van der Waals surface area (Å²) >= 11 is 0. The zero-order chi connectivity index (χ0) is 13.1. The molecule has 0 bridgehead atoms. The number of alkyl carbamates (subject to hydrolysis) is 1. The van der Waals surface area contributed by atoms with E-state index in [0.29, 0.717) is 6.54 Å². The summed E-state index contributed by atoms with van der Waals surface area (Å²) in [5.41, 5.74) is -0.310. The van der Waals surface area contributed by atoms with E-state index in [1.165, 1.54) is 0 Å². The Morgan fingerprint density at radius 1 is 1.29 bits per heavy atom. The lowest BCUT2D eigenvalue weighted by molar-refractivity contribution is 0.0434. The first-order valence-corrected chi connectivity index (χ1v) is 6.59. The largest absolute Gasteiger partial charge is 0.449 e. The van der Waals surface area contributed by atoms with Crippen LogP contribution < -0.4 is 5.32 Å². The second-order valence-corrected chi connectivity index (χ2v) is 4.93. The molecule has 0 heterocycles. The standard InChI is InChI=1S/C13H27NO3/c1-4-6-7-9-14-12(16)17-11-13(3,10-15)8-5-2/h15H,4-11H2,1-3H3,(H,14,16)/t13-/m1/s1. The van der Waals surface area contributed by atoms with E-state index in [0.717, 1.165) is 32.1 Å². The van der Waals surface area contributed by atoms with Gasteiger partial charge in [0.2, 0.25) is 0 Å². The minimum Gasteiger partial charge on any atom is -0.449 e. The van der Waals surface area contributed by atoms with E-state index in [2.05, 4.69) is 19.2 Å². The Kier molecular flexibility index (Phi) is 8.86. The normalized spacial score (nSPS) is 14.1. The van der Waals surface area contributed by atoms with Gasteiger partial charge in [0, 0.05) is 12.0 Å². The smallest absolute Gasteiger partial charge is 0.407 e. The summed E-state index contributed by atoms with van der Waals surface area (Å²) in [6.07, 6.45) is 4.68. The highest BCUT2D eigenvalue weighted by atomic mass is 16.5. The van der Waals surface area contributed by atoms with Crippen LogP contribution in [-0.2, 0) is 4.74 Å². The van der Waals surface area contributed by atoms with Gasteiger partial charge in [0.05, 0.1) is 6.61 Å². The van der Waals surface area contributed by atoms with Crippen LogP contribution in [0.3, 0.4) is 0 Å². The van der Waals surface area contributed by atoms with Crippen molar-refractivity contribution in [1.82, 2.24) is 5.32 Å². The maximum absolute atomic E-state index is 11.4. The summed E-state index contributed by atoms with van der Waals surface area (Å²) in [7, 11) is 0. The first-order valence-electron chi connectivity index (χ1n) is 6.59. The molecule has 0 aliphatic rings. The van der Waals surface area contributed by atoms with Crippen molar-refractivity contribution in [2.24, 2.45) is 5.41 Å². The minimum atomic E-state index is -0.378. The molecule has 0 radical (unpaired) electrons. The molecule has 102 valence electrons. The van der Waals surface area contributed by atoms with Crippen LogP contribution in [0.25, 0.3) is 0 Å². The number of rotatable bonds is 9. The Morgan fingerprint density at radius 2 is 2.00 bits per heavy atom. The molecular weight excluding hydrogens is 218 g/mol. The summed E-state index contributed by atoms with van der Waals surface area (Å²) in [6, 6.07) is 0. The van der Waals surface area contributed by atoms with Gasteiger partial charge < -0.3 is 15.2 Å². The monoisotopic (exact) mass is 245 g/mol. The van der Waals surface area contributed by atoms with E-state index in [1.807, 2.05) is 6.92 Å². The lowest BCUT2D eigenvalue weighted by atomic mass is 9.88. The van der Waals surface area contributed by atoms with Gasteiger partial charge in [-0.1, -0.05) is 40.0 Å². The van der Waals surface area contributed by atoms with Crippen molar-refractivity contribution in [2.75, 3.05) is 19.8 Å². The predicted octanol–water partition coefficient (Wildman–Crippen LogP) is 2.70. The van der Waals surface area contributed by atoms with Crippen LogP contribution in [0, 0.1) is 5.41 Å². The Labute approximate surface area is 105 Å². The summed E-state index contributed by atoms with van der Waals surface area (Å²) in [5.74, 6) is 0. The number of carbonyl (C=O) groups is 1. The van der Waals surface area contributed by atoms with Crippen LogP contribution in [-0.4, -0.2) is 31.0 Å². The Hall–Kier alpha value is -0.770. The highest BCUT2D eigenvalue weighted by molar-refractivity contribution is 5.67. The molecule has 0 aromatic rings. The molecular formula is C13H27NO3. The van der Waals surface area contributed by atoms with Gasteiger partial charge in [-0.2, -0.15) is 0 Å². The molecule has 1 atom stereocenters. The summed E-state index contributed by atoms with van der Waals surface area (Å²) in [4.78, 5) is 11.4. The topological polar surface area (TPSA) is 58.6 Å². The number of carbonyl (C=O) groups excluding carboxylic acids is 1. The predicted molar refractivity (Wildman–Crippen MR) is 69.0 cm³/mol. The van der Waals surface area contributed by atoms with Gasteiger partial charge in [0.1, 0.15) is 6.61 Å². The molecule has 0 aliphatic carbocycles. The zero-order valence-electron chi connectivity index (χ0n) is 11.4.